The summed E-state index contributed by atoms with van der Waals surface area (Å²) < 4.78 is 5.63. The number of hydrogen-bond donors (Lipinski definition) is 0. The second-order valence-corrected chi connectivity index (χ2v) is 4.34. The lowest BCUT2D eigenvalue weighted by molar-refractivity contribution is 0.107. The molecule has 0 fully saturated rings. The summed E-state index contributed by atoms with van der Waals surface area (Å²) in [6.45, 7) is 3.18. The van der Waals surface area contributed by atoms with E-state index in [4.69, 9.17) is 4.74 Å². The van der Waals surface area contributed by atoms with Gasteiger partial charge in [-0.15, -0.1) is 0 Å². The normalized spacial score (nSPS) is 10.3. The highest BCUT2D eigenvalue weighted by molar-refractivity contribution is 5.74. The van der Waals surface area contributed by atoms with Crippen LogP contribution in [0.3, 0.4) is 0 Å². The maximum absolute atomic E-state index is 10.6. The molecule has 0 aromatic heterocycles. The van der Waals surface area contributed by atoms with Crippen LogP contribution in [-0.2, 0) is 18.0 Å². The highest BCUT2D eigenvalue weighted by Gasteiger charge is 1.97. The van der Waals surface area contributed by atoms with Gasteiger partial charge >= 0.3 is 0 Å². The smallest absolute Gasteiger partial charge is 0.150 e. The van der Waals surface area contributed by atoms with E-state index in [9.17, 15) is 4.79 Å². The third kappa shape index (κ3) is 3.54. The van der Waals surface area contributed by atoms with Crippen LogP contribution in [0.25, 0.3) is 0 Å². The number of ether oxygens (including phenoxy) is 1. The van der Waals surface area contributed by atoms with E-state index >= 15 is 0 Å². The van der Waals surface area contributed by atoms with E-state index in [0.717, 1.165) is 17.4 Å². The topological polar surface area (TPSA) is 26.3 Å². The predicted octanol–water partition coefficient (Wildman–Crippen LogP) is 3.52. The summed E-state index contributed by atoms with van der Waals surface area (Å²) in [5.41, 5.74) is 4.11. The van der Waals surface area contributed by atoms with Crippen LogP contribution in [0.1, 0.15) is 27.0 Å². The molecule has 0 amide bonds. The number of rotatable bonds is 5. The standard InChI is InChI=1S/C16H16O2/c1-13-5-7-14(8-6-13)11-18-12-16-4-2-3-15(9-16)10-17/h2-10H,11-12H2,1H3. The van der Waals surface area contributed by atoms with Crippen LogP contribution in [0.4, 0.5) is 0 Å². The largest absolute Gasteiger partial charge is 0.372 e. The Balaban J connectivity index is 1.88. The highest BCUT2D eigenvalue weighted by Crippen LogP contribution is 2.08. The van der Waals surface area contributed by atoms with Crippen molar-refractivity contribution in [3.63, 3.8) is 0 Å². The number of carbonyl (C=O) groups is 1. The van der Waals surface area contributed by atoms with E-state index in [0.29, 0.717) is 18.8 Å². The van der Waals surface area contributed by atoms with Crippen molar-refractivity contribution < 1.29 is 9.53 Å². The molecule has 0 heterocycles. The van der Waals surface area contributed by atoms with Crippen molar-refractivity contribution in [3.8, 4) is 0 Å². The molecule has 0 aliphatic carbocycles. The van der Waals surface area contributed by atoms with Crippen LogP contribution in [0.2, 0.25) is 0 Å². The molecule has 0 aliphatic heterocycles. The third-order valence-corrected chi connectivity index (χ3v) is 2.75. The summed E-state index contributed by atoms with van der Waals surface area (Å²) in [6, 6.07) is 15.8. The lowest BCUT2D eigenvalue weighted by atomic mass is 10.1. The third-order valence-electron chi connectivity index (χ3n) is 2.75. The Labute approximate surface area is 107 Å². The Kier molecular flexibility index (Phi) is 4.26. The molecule has 0 atom stereocenters. The van der Waals surface area contributed by atoms with Gasteiger partial charge < -0.3 is 4.74 Å². The molecule has 2 aromatic carbocycles. The average Bonchev–Trinajstić information content (AvgIpc) is 2.41. The summed E-state index contributed by atoms with van der Waals surface area (Å²) in [6.07, 6.45) is 0.851. The summed E-state index contributed by atoms with van der Waals surface area (Å²) >= 11 is 0. The fourth-order valence-corrected chi connectivity index (χ4v) is 1.73. The number of hydrogen-bond acceptors (Lipinski definition) is 2. The van der Waals surface area contributed by atoms with E-state index in [1.54, 1.807) is 6.07 Å². The van der Waals surface area contributed by atoms with Gasteiger partial charge in [0.05, 0.1) is 13.2 Å². The maximum atomic E-state index is 10.6. The fraction of sp³-hybridized carbons (Fsp3) is 0.188. The molecular formula is C16H16O2. The van der Waals surface area contributed by atoms with Crippen LogP contribution in [0, 0.1) is 6.92 Å². The second kappa shape index (κ2) is 6.12. The van der Waals surface area contributed by atoms with E-state index in [2.05, 4.69) is 31.2 Å². The summed E-state index contributed by atoms with van der Waals surface area (Å²) in [7, 11) is 0. The maximum Gasteiger partial charge on any atom is 0.150 e. The predicted molar refractivity (Wildman–Crippen MR) is 71.5 cm³/mol. The first-order valence-electron chi connectivity index (χ1n) is 5.95. The zero-order chi connectivity index (χ0) is 12.8. The molecule has 0 unspecified atom stereocenters. The molecule has 18 heavy (non-hydrogen) atoms. The molecule has 0 spiro atoms. The van der Waals surface area contributed by atoms with Crippen molar-refractivity contribution in [1.29, 1.82) is 0 Å². The minimum Gasteiger partial charge on any atom is -0.372 e. The van der Waals surface area contributed by atoms with Gasteiger partial charge in [0, 0.05) is 5.56 Å². The fourth-order valence-electron chi connectivity index (χ4n) is 1.73. The van der Waals surface area contributed by atoms with E-state index in [1.807, 2.05) is 18.2 Å². The van der Waals surface area contributed by atoms with Crippen LogP contribution in [0.5, 0.6) is 0 Å². The minimum absolute atomic E-state index is 0.523. The van der Waals surface area contributed by atoms with Crippen molar-refractivity contribution in [3.05, 3.63) is 70.8 Å². The van der Waals surface area contributed by atoms with E-state index in [-0.39, 0.29) is 0 Å². The molecule has 0 bridgehead atoms. The SMILES string of the molecule is Cc1ccc(COCc2cccc(C=O)c2)cc1. The van der Waals surface area contributed by atoms with Crippen molar-refractivity contribution in [2.75, 3.05) is 0 Å². The van der Waals surface area contributed by atoms with Gasteiger partial charge in [0.15, 0.2) is 0 Å². The quantitative estimate of drug-likeness (QED) is 0.747. The van der Waals surface area contributed by atoms with Gasteiger partial charge in [0.1, 0.15) is 6.29 Å². The Morgan fingerprint density at radius 1 is 1.00 bits per heavy atom. The highest BCUT2D eigenvalue weighted by atomic mass is 16.5. The van der Waals surface area contributed by atoms with Gasteiger partial charge in [0.25, 0.3) is 0 Å². The van der Waals surface area contributed by atoms with Gasteiger partial charge in [-0.05, 0) is 24.1 Å². The van der Waals surface area contributed by atoms with Crippen molar-refractivity contribution in [1.82, 2.24) is 0 Å². The number of aryl methyl sites for hydroxylation is 1. The lowest BCUT2D eigenvalue weighted by Crippen LogP contribution is -1.95. The first-order valence-corrected chi connectivity index (χ1v) is 5.95. The molecule has 0 saturated carbocycles. The van der Waals surface area contributed by atoms with Gasteiger partial charge in [-0.3, -0.25) is 4.79 Å². The van der Waals surface area contributed by atoms with Crippen LogP contribution < -0.4 is 0 Å². The number of aldehydes is 1. The van der Waals surface area contributed by atoms with Crippen molar-refractivity contribution in [2.45, 2.75) is 20.1 Å². The second-order valence-electron chi connectivity index (χ2n) is 4.34. The Morgan fingerprint density at radius 3 is 2.44 bits per heavy atom. The molecule has 2 aromatic rings. The zero-order valence-corrected chi connectivity index (χ0v) is 10.4. The Morgan fingerprint density at radius 2 is 1.72 bits per heavy atom. The van der Waals surface area contributed by atoms with E-state index < -0.39 is 0 Å². The number of carbonyl (C=O) groups excluding carboxylic acids is 1. The Bertz CT molecular complexity index is 515. The van der Waals surface area contributed by atoms with Crippen molar-refractivity contribution in [2.24, 2.45) is 0 Å². The first kappa shape index (κ1) is 12.5. The van der Waals surface area contributed by atoms with Gasteiger partial charge in [0.2, 0.25) is 0 Å². The molecule has 0 saturated heterocycles. The summed E-state index contributed by atoms with van der Waals surface area (Å²) in [4.78, 5) is 10.6. The van der Waals surface area contributed by atoms with E-state index in [1.165, 1.54) is 5.56 Å². The van der Waals surface area contributed by atoms with Crippen LogP contribution >= 0.6 is 0 Å². The molecule has 2 rings (SSSR count). The first-order chi connectivity index (χ1) is 8.78. The molecule has 2 heteroatoms. The van der Waals surface area contributed by atoms with Crippen LogP contribution in [-0.4, -0.2) is 6.29 Å². The zero-order valence-electron chi connectivity index (χ0n) is 10.4. The molecule has 0 aliphatic rings. The lowest BCUT2D eigenvalue weighted by Gasteiger charge is -2.05. The van der Waals surface area contributed by atoms with Gasteiger partial charge in [-0.2, -0.15) is 0 Å². The van der Waals surface area contributed by atoms with Crippen LogP contribution in [0.15, 0.2) is 48.5 Å². The van der Waals surface area contributed by atoms with Gasteiger partial charge in [-0.25, -0.2) is 0 Å². The summed E-state index contributed by atoms with van der Waals surface area (Å²) in [5, 5.41) is 0. The minimum atomic E-state index is 0.523. The molecule has 0 radical (unpaired) electrons. The van der Waals surface area contributed by atoms with Crippen molar-refractivity contribution >= 4 is 6.29 Å². The van der Waals surface area contributed by atoms with Gasteiger partial charge in [-0.1, -0.05) is 48.0 Å². The molecule has 2 nitrogen and oxygen atoms in total. The molecular weight excluding hydrogens is 224 g/mol. The molecule has 92 valence electrons. The monoisotopic (exact) mass is 240 g/mol. The molecule has 0 N–H and O–H groups in total. The summed E-state index contributed by atoms with van der Waals surface area (Å²) in [5.74, 6) is 0. The number of benzene rings is 2. The average molecular weight is 240 g/mol. The Hall–Kier alpha value is -1.93.